The summed E-state index contributed by atoms with van der Waals surface area (Å²) in [6.45, 7) is 0.144. The van der Waals surface area contributed by atoms with Crippen LogP contribution in [0.25, 0.3) is 11.3 Å². The van der Waals surface area contributed by atoms with Gasteiger partial charge in [-0.25, -0.2) is 4.79 Å². The number of rotatable bonds is 5. The lowest BCUT2D eigenvalue weighted by atomic mass is 10.1. The fourth-order valence-corrected chi connectivity index (χ4v) is 1.95. The van der Waals surface area contributed by atoms with E-state index < -0.39 is 5.97 Å². The van der Waals surface area contributed by atoms with Gasteiger partial charge >= 0.3 is 5.97 Å². The van der Waals surface area contributed by atoms with E-state index in [1.807, 2.05) is 30.3 Å². The summed E-state index contributed by atoms with van der Waals surface area (Å²) in [4.78, 5) is 10.8. The fraction of sp³-hybridized carbons (Fsp3) is 0.0625. The van der Waals surface area contributed by atoms with E-state index in [-0.39, 0.29) is 12.4 Å². The van der Waals surface area contributed by atoms with Crippen LogP contribution in [0.4, 0.5) is 0 Å². The second-order valence-electron chi connectivity index (χ2n) is 4.33. The molecule has 5 heteroatoms. The van der Waals surface area contributed by atoms with Crippen LogP contribution in [0.15, 0.2) is 63.6 Å². The summed E-state index contributed by atoms with van der Waals surface area (Å²) < 4.78 is 16.2. The predicted octanol–water partition coefficient (Wildman–Crippen LogP) is 3.82. The average molecular weight is 284 g/mol. The molecule has 0 bridgehead atoms. The number of hydrogen-bond donors (Lipinski definition) is 1. The molecule has 0 atom stereocenters. The highest BCUT2D eigenvalue weighted by molar-refractivity contribution is 5.84. The second-order valence-corrected chi connectivity index (χ2v) is 4.33. The van der Waals surface area contributed by atoms with E-state index in [0.29, 0.717) is 17.3 Å². The molecular formula is C16H12O5. The number of benzene rings is 1. The van der Waals surface area contributed by atoms with Crippen LogP contribution in [0, 0.1) is 0 Å². The topological polar surface area (TPSA) is 72.8 Å². The monoisotopic (exact) mass is 284 g/mol. The van der Waals surface area contributed by atoms with Gasteiger partial charge in [-0.15, -0.1) is 0 Å². The Hall–Kier alpha value is -2.95. The molecule has 1 aromatic carbocycles. The first-order chi connectivity index (χ1) is 10.2. The molecule has 0 unspecified atom stereocenters. The summed E-state index contributed by atoms with van der Waals surface area (Å²) in [7, 11) is 0. The van der Waals surface area contributed by atoms with E-state index in [1.54, 1.807) is 18.4 Å². The van der Waals surface area contributed by atoms with Crippen molar-refractivity contribution in [1.82, 2.24) is 0 Å². The Kier molecular flexibility index (Phi) is 3.47. The number of carboxylic acid groups (broad SMARTS) is 1. The van der Waals surface area contributed by atoms with Crippen molar-refractivity contribution in [2.45, 2.75) is 6.61 Å². The summed E-state index contributed by atoms with van der Waals surface area (Å²) in [5, 5.41) is 8.81. The molecule has 5 nitrogen and oxygen atoms in total. The average Bonchev–Trinajstić information content (AvgIpc) is 3.17. The SMILES string of the molecule is O=C(O)c1ccc(COc2ccccc2-c2ccco2)o1. The molecule has 0 aliphatic heterocycles. The van der Waals surface area contributed by atoms with Crippen LogP contribution in [-0.4, -0.2) is 11.1 Å². The first-order valence-electron chi connectivity index (χ1n) is 6.32. The highest BCUT2D eigenvalue weighted by atomic mass is 16.5. The van der Waals surface area contributed by atoms with Crippen molar-refractivity contribution in [3.8, 4) is 17.1 Å². The zero-order chi connectivity index (χ0) is 14.7. The van der Waals surface area contributed by atoms with Gasteiger partial charge < -0.3 is 18.7 Å². The molecule has 3 aromatic rings. The molecule has 2 heterocycles. The van der Waals surface area contributed by atoms with E-state index in [9.17, 15) is 4.79 Å². The Morgan fingerprint density at radius 1 is 1.10 bits per heavy atom. The van der Waals surface area contributed by atoms with E-state index in [0.717, 1.165) is 5.56 Å². The minimum absolute atomic E-state index is 0.104. The van der Waals surface area contributed by atoms with Crippen LogP contribution < -0.4 is 4.74 Å². The predicted molar refractivity (Wildman–Crippen MR) is 74.1 cm³/mol. The van der Waals surface area contributed by atoms with Crippen LogP contribution >= 0.6 is 0 Å². The van der Waals surface area contributed by atoms with Gasteiger partial charge in [0.25, 0.3) is 0 Å². The molecule has 21 heavy (non-hydrogen) atoms. The summed E-state index contributed by atoms with van der Waals surface area (Å²) in [5.41, 5.74) is 0.826. The van der Waals surface area contributed by atoms with Gasteiger partial charge in [0.1, 0.15) is 23.9 Å². The van der Waals surface area contributed by atoms with Gasteiger partial charge in [0.05, 0.1) is 11.8 Å². The number of para-hydroxylation sites is 1. The maximum Gasteiger partial charge on any atom is 0.371 e. The normalized spacial score (nSPS) is 10.5. The van der Waals surface area contributed by atoms with E-state index >= 15 is 0 Å². The van der Waals surface area contributed by atoms with Gasteiger partial charge in [0.2, 0.25) is 5.76 Å². The largest absolute Gasteiger partial charge is 0.485 e. The van der Waals surface area contributed by atoms with Crippen molar-refractivity contribution in [3.63, 3.8) is 0 Å². The van der Waals surface area contributed by atoms with E-state index in [4.69, 9.17) is 18.7 Å². The Labute approximate surface area is 120 Å². The lowest BCUT2D eigenvalue weighted by Crippen LogP contribution is -1.96. The molecule has 1 N–H and O–H groups in total. The molecule has 0 radical (unpaired) electrons. The van der Waals surface area contributed by atoms with Crippen LogP contribution in [0.3, 0.4) is 0 Å². The number of ether oxygens (including phenoxy) is 1. The van der Waals surface area contributed by atoms with Gasteiger partial charge in [-0.1, -0.05) is 12.1 Å². The summed E-state index contributed by atoms with van der Waals surface area (Å²) in [5.74, 6) is 0.587. The van der Waals surface area contributed by atoms with Crippen LogP contribution in [0.2, 0.25) is 0 Å². The van der Waals surface area contributed by atoms with Gasteiger partial charge in [-0.3, -0.25) is 0 Å². The second kappa shape index (κ2) is 5.58. The van der Waals surface area contributed by atoms with Crippen LogP contribution in [0.1, 0.15) is 16.3 Å². The third-order valence-corrected chi connectivity index (χ3v) is 2.92. The molecular weight excluding hydrogens is 272 g/mol. The summed E-state index contributed by atoms with van der Waals surface area (Å²) >= 11 is 0. The van der Waals surface area contributed by atoms with Crippen molar-refractivity contribution in [3.05, 3.63) is 66.3 Å². The number of furan rings is 2. The molecule has 106 valence electrons. The van der Waals surface area contributed by atoms with E-state index in [1.165, 1.54) is 6.07 Å². The number of hydrogen-bond acceptors (Lipinski definition) is 4. The van der Waals surface area contributed by atoms with Gasteiger partial charge in [-0.05, 0) is 36.4 Å². The summed E-state index contributed by atoms with van der Waals surface area (Å²) in [6, 6.07) is 14.1. The smallest absolute Gasteiger partial charge is 0.371 e. The quantitative estimate of drug-likeness (QED) is 0.771. The minimum atomic E-state index is -1.10. The third kappa shape index (κ3) is 2.81. The molecule has 0 spiro atoms. The number of carboxylic acids is 1. The Morgan fingerprint density at radius 3 is 2.67 bits per heavy atom. The molecule has 3 rings (SSSR count). The van der Waals surface area contributed by atoms with Crippen molar-refractivity contribution in [2.75, 3.05) is 0 Å². The molecule has 0 amide bonds. The summed E-state index contributed by atoms with van der Waals surface area (Å²) in [6.07, 6.45) is 1.60. The molecule has 0 fully saturated rings. The number of carbonyl (C=O) groups is 1. The highest BCUT2D eigenvalue weighted by Gasteiger charge is 2.11. The van der Waals surface area contributed by atoms with Crippen LogP contribution in [0.5, 0.6) is 5.75 Å². The zero-order valence-electron chi connectivity index (χ0n) is 11.0. The van der Waals surface area contributed by atoms with Crippen molar-refractivity contribution in [1.29, 1.82) is 0 Å². The Balaban J connectivity index is 1.77. The lowest BCUT2D eigenvalue weighted by Gasteiger charge is -2.08. The molecule has 0 aliphatic carbocycles. The standard InChI is InChI=1S/C16H12O5/c17-16(18)15-8-7-11(21-15)10-20-14-5-2-1-4-12(14)13-6-3-9-19-13/h1-9H,10H2,(H,17,18). The number of aromatic carboxylic acids is 1. The molecule has 0 saturated carbocycles. The van der Waals surface area contributed by atoms with Gasteiger partial charge in [-0.2, -0.15) is 0 Å². The van der Waals surface area contributed by atoms with Crippen LogP contribution in [-0.2, 0) is 6.61 Å². The van der Waals surface area contributed by atoms with Crippen molar-refractivity contribution >= 4 is 5.97 Å². The first-order valence-corrected chi connectivity index (χ1v) is 6.32. The Morgan fingerprint density at radius 2 is 1.95 bits per heavy atom. The fourth-order valence-electron chi connectivity index (χ4n) is 1.95. The van der Waals surface area contributed by atoms with E-state index in [2.05, 4.69) is 0 Å². The zero-order valence-corrected chi connectivity index (χ0v) is 11.0. The maximum atomic E-state index is 10.8. The van der Waals surface area contributed by atoms with Gasteiger partial charge in [0.15, 0.2) is 0 Å². The molecule has 0 saturated heterocycles. The minimum Gasteiger partial charge on any atom is -0.485 e. The molecule has 2 aromatic heterocycles. The Bertz CT molecular complexity index is 740. The van der Waals surface area contributed by atoms with Crippen molar-refractivity contribution < 1.29 is 23.5 Å². The van der Waals surface area contributed by atoms with Gasteiger partial charge in [0, 0.05) is 0 Å². The van der Waals surface area contributed by atoms with Crippen molar-refractivity contribution in [2.24, 2.45) is 0 Å². The lowest BCUT2D eigenvalue weighted by molar-refractivity contribution is 0.0658. The highest BCUT2D eigenvalue weighted by Crippen LogP contribution is 2.30. The first kappa shape index (κ1) is 13.1. The maximum absolute atomic E-state index is 10.8. The molecule has 0 aliphatic rings. The third-order valence-electron chi connectivity index (χ3n) is 2.92.